The molecule has 1 fully saturated rings. The summed E-state index contributed by atoms with van der Waals surface area (Å²) in [4.78, 5) is 6.95. The molecular weight excluding hydrogens is 340 g/mol. The van der Waals surface area contributed by atoms with Gasteiger partial charge in [0.25, 0.3) is 0 Å². The van der Waals surface area contributed by atoms with Gasteiger partial charge in [-0.3, -0.25) is 0 Å². The molecule has 142 valence electrons. The number of aryl methyl sites for hydroxylation is 1. The number of aliphatic imine (C=N–C) groups is 1. The number of aliphatic hydroxyl groups is 1. The van der Waals surface area contributed by atoms with Crippen LogP contribution in [0.25, 0.3) is 0 Å². The maximum atomic E-state index is 10.7. The lowest BCUT2D eigenvalue weighted by Gasteiger charge is -2.40. The minimum absolute atomic E-state index is 0.295. The fourth-order valence-electron chi connectivity index (χ4n) is 3.81. The molecule has 0 aromatic heterocycles. The predicted molar refractivity (Wildman–Crippen MR) is 106 cm³/mol. The van der Waals surface area contributed by atoms with Crippen molar-refractivity contribution >= 4 is 11.6 Å². The van der Waals surface area contributed by atoms with E-state index in [9.17, 15) is 5.11 Å². The molecule has 0 amide bonds. The average Bonchev–Trinajstić information content (AvgIpc) is 3.05. The lowest BCUT2D eigenvalue weighted by molar-refractivity contribution is -0.233. The van der Waals surface area contributed by atoms with Crippen LogP contribution >= 0.6 is 0 Å². The van der Waals surface area contributed by atoms with Gasteiger partial charge in [0.05, 0.1) is 6.61 Å². The van der Waals surface area contributed by atoms with Gasteiger partial charge in [0.1, 0.15) is 6.04 Å². The van der Waals surface area contributed by atoms with Crippen molar-refractivity contribution in [1.29, 1.82) is 0 Å². The Morgan fingerprint density at radius 2 is 1.78 bits per heavy atom. The van der Waals surface area contributed by atoms with Crippen molar-refractivity contribution in [3.8, 4) is 0 Å². The summed E-state index contributed by atoms with van der Waals surface area (Å²) in [6.45, 7) is 2.60. The van der Waals surface area contributed by atoms with Crippen LogP contribution in [0.15, 0.2) is 53.5 Å². The Balaban J connectivity index is 1.73. The zero-order valence-corrected chi connectivity index (χ0v) is 16.1. The van der Waals surface area contributed by atoms with E-state index in [0.29, 0.717) is 18.9 Å². The standard InChI is InChI=1S/C22H26N2O3/c1-15-5-7-16(8-6-15)19-22(13-4-14-26-21(22)25)27-20(23-19)17-9-11-18(12-10-17)24(2)3/h5-12,19,21,25H,4,13-14H2,1-3H3/t19-,21-,22+/m0/s1. The molecule has 2 aromatic carbocycles. The summed E-state index contributed by atoms with van der Waals surface area (Å²) in [5.41, 5.74) is 3.37. The van der Waals surface area contributed by atoms with Gasteiger partial charge in [-0.25, -0.2) is 4.99 Å². The van der Waals surface area contributed by atoms with Gasteiger partial charge in [-0.2, -0.15) is 0 Å². The van der Waals surface area contributed by atoms with Crippen molar-refractivity contribution in [2.24, 2.45) is 4.99 Å². The number of rotatable bonds is 3. The number of nitrogens with zero attached hydrogens (tertiary/aromatic N) is 2. The maximum Gasteiger partial charge on any atom is 0.217 e. The third-order valence-corrected chi connectivity index (χ3v) is 5.43. The van der Waals surface area contributed by atoms with Crippen molar-refractivity contribution in [2.45, 2.75) is 37.7 Å². The molecule has 5 heteroatoms. The summed E-state index contributed by atoms with van der Waals surface area (Å²) < 4.78 is 11.9. The Morgan fingerprint density at radius 1 is 1.07 bits per heavy atom. The Kier molecular flexibility index (Phi) is 4.66. The van der Waals surface area contributed by atoms with E-state index in [1.165, 1.54) is 5.56 Å². The first kappa shape index (κ1) is 18.0. The van der Waals surface area contributed by atoms with E-state index < -0.39 is 11.9 Å². The topological polar surface area (TPSA) is 54.3 Å². The first-order valence-corrected chi connectivity index (χ1v) is 9.40. The van der Waals surface area contributed by atoms with Crippen LogP contribution in [0.5, 0.6) is 0 Å². The second-order valence-corrected chi connectivity index (χ2v) is 7.57. The summed E-state index contributed by atoms with van der Waals surface area (Å²) in [6, 6.07) is 16.1. The van der Waals surface area contributed by atoms with E-state index in [-0.39, 0.29) is 6.04 Å². The lowest BCUT2D eigenvalue weighted by atomic mass is 9.83. The maximum absolute atomic E-state index is 10.7. The molecular formula is C22H26N2O3. The Hall–Kier alpha value is -2.37. The molecule has 1 spiro atoms. The number of hydrogen-bond acceptors (Lipinski definition) is 5. The van der Waals surface area contributed by atoms with E-state index in [1.54, 1.807) is 0 Å². The van der Waals surface area contributed by atoms with Crippen LogP contribution in [-0.2, 0) is 9.47 Å². The number of ether oxygens (including phenoxy) is 2. The van der Waals surface area contributed by atoms with Gasteiger partial charge in [-0.15, -0.1) is 0 Å². The molecule has 2 heterocycles. The Morgan fingerprint density at radius 3 is 2.41 bits per heavy atom. The summed E-state index contributed by atoms with van der Waals surface area (Å²) in [7, 11) is 4.02. The SMILES string of the molecule is Cc1ccc([C@@H]2N=C(c3ccc(N(C)C)cc3)O[C@]23CCCO[C@@H]3O)cc1. The highest BCUT2D eigenvalue weighted by molar-refractivity contribution is 5.96. The van der Waals surface area contributed by atoms with Crippen molar-refractivity contribution in [1.82, 2.24) is 0 Å². The Labute approximate surface area is 160 Å². The highest BCUT2D eigenvalue weighted by Crippen LogP contribution is 2.46. The van der Waals surface area contributed by atoms with Gasteiger partial charge >= 0.3 is 0 Å². The zero-order chi connectivity index (χ0) is 19.0. The van der Waals surface area contributed by atoms with E-state index in [1.807, 2.05) is 38.4 Å². The van der Waals surface area contributed by atoms with Crippen molar-refractivity contribution in [2.75, 3.05) is 25.6 Å². The van der Waals surface area contributed by atoms with E-state index in [0.717, 1.165) is 23.2 Å². The van der Waals surface area contributed by atoms with Gasteiger partial charge in [-0.1, -0.05) is 29.8 Å². The van der Waals surface area contributed by atoms with Crippen molar-refractivity contribution in [3.05, 3.63) is 65.2 Å². The third-order valence-electron chi connectivity index (χ3n) is 5.43. The van der Waals surface area contributed by atoms with Crippen LogP contribution in [0.2, 0.25) is 0 Å². The number of hydrogen-bond donors (Lipinski definition) is 1. The van der Waals surface area contributed by atoms with E-state index in [4.69, 9.17) is 14.5 Å². The summed E-state index contributed by atoms with van der Waals surface area (Å²) >= 11 is 0. The summed E-state index contributed by atoms with van der Waals surface area (Å²) in [5.74, 6) is 0.565. The zero-order valence-electron chi connectivity index (χ0n) is 16.1. The second-order valence-electron chi connectivity index (χ2n) is 7.57. The molecule has 0 bridgehead atoms. The summed E-state index contributed by atoms with van der Waals surface area (Å²) in [6.07, 6.45) is 0.539. The highest BCUT2D eigenvalue weighted by Gasteiger charge is 2.55. The summed E-state index contributed by atoms with van der Waals surface area (Å²) in [5, 5.41) is 10.7. The second kappa shape index (κ2) is 6.98. The lowest BCUT2D eigenvalue weighted by Crippen LogP contribution is -2.51. The van der Waals surface area contributed by atoms with Crippen LogP contribution in [0.3, 0.4) is 0 Å². The van der Waals surface area contributed by atoms with Gasteiger partial charge < -0.3 is 19.5 Å². The fourth-order valence-corrected chi connectivity index (χ4v) is 3.81. The van der Waals surface area contributed by atoms with Crippen LogP contribution in [0.1, 0.15) is 35.6 Å². The van der Waals surface area contributed by atoms with Crippen molar-refractivity contribution < 1.29 is 14.6 Å². The molecule has 5 nitrogen and oxygen atoms in total. The molecule has 27 heavy (non-hydrogen) atoms. The van der Waals surface area contributed by atoms with Crippen LogP contribution in [0, 0.1) is 6.92 Å². The first-order valence-electron chi connectivity index (χ1n) is 9.40. The molecule has 2 aromatic rings. The molecule has 1 saturated heterocycles. The quantitative estimate of drug-likeness (QED) is 0.904. The molecule has 2 aliphatic rings. The van der Waals surface area contributed by atoms with Gasteiger partial charge in [0, 0.05) is 25.3 Å². The van der Waals surface area contributed by atoms with Crippen LogP contribution in [0.4, 0.5) is 5.69 Å². The fraction of sp³-hybridized carbons (Fsp3) is 0.409. The van der Waals surface area contributed by atoms with Crippen molar-refractivity contribution in [3.63, 3.8) is 0 Å². The predicted octanol–water partition coefficient (Wildman–Crippen LogP) is 3.45. The van der Waals surface area contributed by atoms with E-state index >= 15 is 0 Å². The first-order chi connectivity index (χ1) is 13.0. The third kappa shape index (κ3) is 3.22. The van der Waals surface area contributed by atoms with Gasteiger partial charge in [-0.05, 0) is 49.6 Å². The minimum atomic E-state index is -1.00. The molecule has 3 atom stereocenters. The van der Waals surface area contributed by atoms with Crippen LogP contribution in [-0.4, -0.2) is 43.6 Å². The minimum Gasteiger partial charge on any atom is -0.463 e. The normalized spacial score (nSPS) is 27.3. The average molecular weight is 366 g/mol. The molecule has 0 unspecified atom stereocenters. The van der Waals surface area contributed by atoms with E-state index in [2.05, 4.69) is 36.1 Å². The number of benzene rings is 2. The largest absolute Gasteiger partial charge is 0.463 e. The monoisotopic (exact) mass is 366 g/mol. The number of aliphatic hydroxyl groups excluding tert-OH is 1. The van der Waals surface area contributed by atoms with Gasteiger partial charge in [0.2, 0.25) is 5.90 Å². The smallest absolute Gasteiger partial charge is 0.217 e. The molecule has 0 aliphatic carbocycles. The molecule has 0 saturated carbocycles. The van der Waals surface area contributed by atoms with Crippen LogP contribution < -0.4 is 4.90 Å². The molecule has 4 rings (SSSR count). The molecule has 0 radical (unpaired) electrons. The van der Waals surface area contributed by atoms with Gasteiger partial charge in [0.15, 0.2) is 11.9 Å². The molecule has 2 aliphatic heterocycles. The Bertz CT molecular complexity index is 830. The number of anilines is 1. The molecule has 1 N–H and O–H groups in total. The highest BCUT2D eigenvalue weighted by atomic mass is 16.6.